The molecule has 0 bridgehead atoms. The van der Waals surface area contributed by atoms with E-state index < -0.39 is 12.0 Å². The number of carbonyl (C=O) groups is 2. The van der Waals surface area contributed by atoms with E-state index in [9.17, 15) is 19.1 Å². The molecule has 2 aliphatic heterocycles. The average molecular weight is 648 g/mol. The molecule has 7 nitrogen and oxygen atoms in total. The van der Waals surface area contributed by atoms with Gasteiger partial charge in [0.25, 0.3) is 0 Å². The first kappa shape index (κ1) is 33.0. The van der Waals surface area contributed by atoms with Crippen molar-refractivity contribution in [2.45, 2.75) is 76.4 Å². The molecule has 10 heteroatoms. The van der Waals surface area contributed by atoms with E-state index >= 15 is 0 Å². The SMILES string of the molecule is CCN(C(=O)NCc1ccc(Cl)c(Cl)c1)C1CCN(C[C@H]2CN([C@@H](C(=O)O)C3CCCCC3)C[C@@H]2c2cccc(F)c2)CC1. The van der Waals surface area contributed by atoms with Crippen molar-refractivity contribution in [3.05, 3.63) is 69.5 Å². The number of urea groups is 1. The predicted octanol–water partition coefficient (Wildman–Crippen LogP) is 6.88. The van der Waals surface area contributed by atoms with Crippen LogP contribution in [-0.4, -0.2) is 83.2 Å². The molecular weight excluding hydrogens is 602 g/mol. The number of nitrogens with one attached hydrogen (secondary N) is 1. The smallest absolute Gasteiger partial charge is 0.321 e. The number of aliphatic carboxylic acids is 1. The Morgan fingerprint density at radius 2 is 1.77 bits per heavy atom. The Balaban J connectivity index is 1.21. The molecule has 2 amide bonds. The standard InChI is InChI=1S/C34H45Cl2FN4O3/c1-2-41(34(44)38-19-23-11-12-30(35)31(36)17-23)28-13-15-39(16-14-28)20-26-21-40(22-29(26)25-9-6-10-27(37)18-25)32(33(42)43)24-7-4-3-5-8-24/h6,9-12,17-18,24,26,28-29,32H,2-5,7-8,13-16,19-22H2,1H3,(H,38,44)(H,42,43)/t26-,29+,32+/m0/s1. The maximum Gasteiger partial charge on any atom is 0.321 e. The van der Waals surface area contributed by atoms with Crippen molar-refractivity contribution in [3.8, 4) is 0 Å². The van der Waals surface area contributed by atoms with Crippen LogP contribution in [0.5, 0.6) is 0 Å². The molecule has 0 spiro atoms. The van der Waals surface area contributed by atoms with Gasteiger partial charge in [0.2, 0.25) is 0 Å². The minimum atomic E-state index is -0.728. The predicted molar refractivity (Wildman–Crippen MR) is 173 cm³/mol. The highest BCUT2D eigenvalue weighted by molar-refractivity contribution is 6.42. The summed E-state index contributed by atoms with van der Waals surface area (Å²) in [6, 6.07) is 11.8. The van der Waals surface area contributed by atoms with E-state index in [4.69, 9.17) is 23.2 Å². The molecule has 1 aliphatic carbocycles. The number of nitrogens with zero attached hydrogens (tertiary/aromatic N) is 3. The van der Waals surface area contributed by atoms with E-state index in [0.29, 0.717) is 36.2 Å². The van der Waals surface area contributed by atoms with Crippen LogP contribution in [0.15, 0.2) is 42.5 Å². The van der Waals surface area contributed by atoms with Crippen molar-refractivity contribution in [1.82, 2.24) is 20.0 Å². The summed E-state index contributed by atoms with van der Waals surface area (Å²) in [5, 5.41) is 14.3. The van der Waals surface area contributed by atoms with Gasteiger partial charge in [-0.1, -0.05) is 60.7 Å². The molecule has 2 heterocycles. The lowest BCUT2D eigenvalue weighted by Crippen LogP contribution is -2.51. The van der Waals surface area contributed by atoms with Gasteiger partial charge >= 0.3 is 12.0 Å². The molecule has 44 heavy (non-hydrogen) atoms. The summed E-state index contributed by atoms with van der Waals surface area (Å²) < 4.78 is 14.3. The number of carbonyl (C=O) groups excluding carboxylic acids is 1. The van der Waals surface area contributed by atoms with Crippen LogP contribution in [0.4, 0.5) is 9.18 Å². The van der Waals surface area contributed by atoms with Crippen LogP contribution in [0.3, 0.4) is 0 Å². The molecule has 2 N–H and O–H groups in total. The van der Waals surface area contributed by atoms with Gasteiger partial charge in [-0.15, -0.1) is 0 Å². The third-order valence-electron chi connectivity index (χ3n) is 10.0. The summed E-state index contributed by atoms with van der Waals surface area (Å²) in [5.74, 6) is -0.524. The molecule has 3 fully saturated rings. The summed E-state index contributed by atoms with van der Waals surface area (Å²) >= 11 is 12.2. The number of hydrogen-bond donors (Lipinski definition) is 2. The maximum atomic E-state index is 14.3. The van der Waals surface area contributed by atoms with Gasteiger partial charge in [-0.3, -0.25) is 9.69 Å². The summed E-state index contributed by atoms with van der Waals surface area (Å²) in [7, 11) is 0. The second-order valence-corrected chi connectivity index (χ2v) is 13.6. The molecule has 3 atom stereocenters. The minimum Gasteiger partial charge on any atom is -0.480 e. The Morgan fingerprint density at radius 3 is 2.43 bits per heavy atom. The third-order valence-corrected chi connectivity index (χ3v) is 10.7. The van der Waals surface area contributed by atoms with Crippen LogP contribution in [0.25, 0.3) is 0 Å². The topological polar surface area (TPSA) is 76.1 Å². The Kier molecular flexibility index (Phi) is 11.4. The van der Waals surface area contributed by atoms with Gasteiger partial charge in [-0.25, -0.2) is 9.18 Å². The highest BCUT2D eigenvalue weighted by Crippen LogP contribution is 2.39. The Bertz CT molecular complexity index is 1280. The van der Waals surface area contributed by atoms with Crippen molar-refractivity contribution in [2.24, 2.45) is 11.8 Å². The number of likely N-dealkylation sites (tertiary alicyclic amines) is 2. The van der Waals surface area contributed by atoms with Gasteiger partial charge in [-0.05, 0) is 79.8 Å². The number of carboxylic acid groups (broad SMARTS) is 1. The van der Waals surface area contributed by atoms with E-state index in [1.165, 1.54) is 12.5 Å². The lowest BCUT2D eigenvalue weighted by Gasteiger charge is -2.39. The molecule has 2 aromatic carbocycles. The normalized spacial score (nSPS) is 23.0. The van der Waals surface area contributed by atoms with E-state index in [1.54, 1.807) is 24.3 Å². The Hall–Kier alpha value is -2.39. The summed E-state index contributed by atoms with van der Waals surface area (Å²) in [6.07, 6.45) is 7.04. The first-order chi connectivity index (χ1) is 21.2. The zero-order chi connectivity index (χ0) is 31.2. The molecular formula is C34H45Cl2FN4O3. The average Bonchev–Trinajstić information content (AvgIpc) is 3.42. The van der Waals surface area contributed by atoms with Crippen molar-refractivity contribution in [3.63, 3.8) is 0 Å². The number of rotatable bonds is 10. The molecule has 0 radical (unpaired) electrons. The van der Waals surface area contributed by atoms with Gasteiger partial charge in [0.1, 0.15) is 11.9 Å². The van der Waals surface area contributed by atoms with Crippen LogP contribution in [-0.2, 0) is 11.3 Å². The Labute approximate surface area is 270 Å². The fourth-order valence-electron chi connectivity index (χ4n) is 7.78. The Morgan fingerprint density at radius 1 is 1.02 bits per heavy atom. The van der Waals surface area contributed by atoms with Gasteiger partial charge in [-0.2, -0.15) is 0 Å². The molecule has 3 aliphatic rings. The molecule has 2 saturated heterocycles. The van der Waals surface area contributed by atoms with Crippen molar-refractivity contribution < 1.29 is 19.1 Å². The lowest BCUT2D eigenvalue weighted by atomic mass is 9.83. The van der Waals surface area contributed by atoms with Crippen molar-refractivity contribution in [2.75, 3.05) is 39.3 Å². The van der Waals surface area contributed by atoms with Crippen LogP contribution < -0.4 is 5.32 Å². The van der Waals surface area contributed by atoms with Gasteiger partial charge in [0, 0.05) is 57.8 Å². The van der Waals surface area contributed by atoms with Crippen molar-refractivity contribution >= 4 is 35.2 Å². The number of halogens is 3. The maximum absolute atomic E-state index is 14.3. The number of benzene rings is 2. The highest BCUT2D eigenvalue weighted by Gasteiger charge is 2.43. The van der Waals surface area contributed by atoms with Gasteiger partial charge < -0.3 is 20.2 Å². The largest absolute Gasteiger partial charge is 0.480 e. The van der Waals surface area contributed by atoms with Crippen LogP contribution >= 0.6 is 23.2 Å². The van der Waals surface area contributed by atoms with Crippen LogP contribution in [0.1, 0.15) is 68.9 Å². The molecule has 5 rings (SSSR count). The van der Waals surface area contributed by atoms with Crippen molar-refractivity contribution in [1.29, 1.82) is 0 Å². The number of amides is 2. The number of hydrogen-bond acceptors (Lipinski definition) is 4. The van der Waals surface area contributed by atoms with E-state index in [0.717, 1.165) is 69.3 Å². The summed E-state index contributed by atoms with van der Waals surface area (Å²) in [5.41, 5.74) is 1.85. The second-order valence-electron chi connectivity index (χ2n) is 12.8. The zero-order valence-electron chi connectivity index (χ0n) is 25.6. The molecule has 2 aromatic rings. The fraction of sp³-hybridized carbons (Fsp3) is 0.588. The van der Waals surface area contributed by atoms with E-state index in [1.807, 2.05) is 24.0 Å². The first-order valence-corrected chi connectivity index (χ1v) is 16.9. The van der Waals surface area contributed by atoms with Crippen LogP contribution in [0, 0.1) is 17.7 Å². The van der Waals surface area contributed by atoms with E-state index in [-0.39, 0.29) is 35.6 Å². The first-order valence-electron chi connectivity index (χ1n) is 16.2. The number of carboxylic acids is 1. The molecule has 0 aromatic heterocycles. The minimum absolute atomic E-state index is 0.0770. The van der Waals surface area contributed by atoms with E-state index in [2.05, 4.69) is 15.1 Å². The highest BCUT2D eigenvalue weighted by atomic mass is 35.5. The van der Waals surface area contributed by atoms with Crippen LogP contribution in [0.2, 0.25) is 10.0 Å². The van der Waals surface area contributed by atoms with Gasteiger partial charge in [0.05, 0.1) is 10.0 Å². The molecule has 1 saturated carbocycles. The monoisotopic (exact) mass is 646 g/mol. The summed E-state index contributed by atoms with van der Waals surface area (Å²) in [4.78, 5) is 32.2. The number of piperidine rings is 1. The fourth-order valence-corrected chi connectivity index (χ4v) is 8.10. The quantitative estimate of drug-likeness (QED) is 0.294. The molecule has 240 valence electrons. The second kappa shape index (κ2) is 15.3. The zero-order valence-corrected chi connectivity index (χ0v) is 27.1. The van der Waals surface area contributed by atoms with Gasteiger partial charge in [0.15, 0.2) is 0 Å². The summed E-state index contributed by atoms with van der Waals surface area (Å²) in [6.45, 7) is 6.90. The lowest BCUT2D eigenvalue weighted by molar-refractivity contribution is -0.145. The molecule has 0 unspecified atom stereocenters. The third kappa shape index (κ3) is 8.06.